The van der Waals surface area contributed by atoms with Gasteiger partial charge in [0.2, 0.25) is 0 Å². The van der Waals surface area contributed by atoms with Crippen LogP contribution in [0.1, 0.15) is 12.0 Å². The van der Waals surface area contributed by atoms with E-state index in [2.05, 4.69) is 5.32 Å². The molecule has 1 unspecified atom stereocenters. The van der Waals surface area contributed by atoms with Crippen molar-refractivity contribution in [2.75, 3.05) is 44.3 Å². The molecule has 2 aliphatic rings. The van der Waals surface area contributed by atoms with Crippen molar-refractivity contribution in [3.63, 3.8) is 0 Å². The number of nitrogens with zero attached hydrogens (tertiary/aromatic N) is 2. The van der Waals surface area contributed by atoms with Crippen molar-refractivity contribution in [2.45, 2.75) is 13.0 Å². The van der Waals surface area contributed by atoms with E-state index in [1.54, 1.807) is 6.07 Å². The number of aliphatic carboxylic acids is 1. The Morgan fingerprint density at radius 1 is 1.22 bits per heavy atom. The molecule has 146 valence electrons. The van der Waals surface area contributed by atoms with Crippen LogP contribution in [0.15, 0.2) is 18.2 Å². The number of anilines is 1. The molecule has 2 aliphatic heterocycles. The van der Waals surface area contributed by atoms with Crippen LogP contribution in [-0.2, 0) is 25.7 Å². The van der Waals surface area contributed by atoms with Gasteiger partial charge in [0.1, 0.15) is 5.82 Å². The van der Waals surface area contributed by atoms with Gasteiger partial charge in [-0.1, -0.05) is 0 Å². The second-order valence-corrected chi connectivity index (χ2v) is 6.63. The number of ether oxygens (including phenoxy) is 1. The second kappa shape index (κ2) is 8.34. The number of halogens is 1. The van der Waals surface area contributed by atoms with E-state index in [0.717, 1.165) is 5.69 Å². The highest BCUT2D eigenvalue weighted by Crippen LogP contribution is 2.23. The van der Waals surface area contributed by atoms with Gasteiger partial charge >= 0.3 is 17.8 Å². The lowest BCUT2D eigenvalue weighted by Gasteiger charge is -2.30. The Balaban J connectivity index is 1.62. The van der Waals surface area contributed by atoms with Gasteiger partial charge in [-0.25, -0.2) is 4.39 Å². The largest absolute Gasteiger partial charge is 0.481 e. The lowest BCUT2D eigenvalue weighted by atomic mass is 10.1. The Labute approximate surface area is 155 Å². The first-order chi connectivity index (χ1) is 13.0. The van der Waals surface area contributed by atoms with Crippen LogP contribution in [0.25, 0.3) is 0 Å². The summed E-state index contributed by atoms with van der Waals surface area (Å²) in [5.41, 5.74) is 1.36. The molecule has 2 amide bonds. The third kappa shape index (κ3) is 4.54. The molecule has 0 radical (unpaired) electrons. The highest BCUT2D eigenvalue weighted by Gasteiger charge is 2.33. The summed E-state index contributed by atoms with van der Waals surface area (Å²) in [7, 11) is 0. The predicted octanol–water partition coefficient (Wildman–Crippen LogP) is 0.212. The van der Waals surface area contributed by atoms with E-state index < -0.39 is 29.5 Å². The van der Waals surface area contributed by atoms with Gasteiger partial charge in [-0.05, 0) is 30.2 Å². The van der Waals surface area contributed by atoms with E-state index in [-0.39, 0.29) is 19.6 Å². The third-order valence-electron chi connectivity index (χ3n) is 4.85. The Kier molecular flexibility index (Phi) is 5.90. The summed E-state index contributed by atoms with van der Waals surface area (Å²) in [6.07, 6.45) is 0.333. The van der Waals surface area contributed by atoms with Gasteiger partial charge < -0.3 is 25.0 Å². The Hall–Kier alpha value is -2.68. The molecule has 9 heteroatoms. The normalized spacial score (nSPS) is 19.8. The summed E-state index contributed by atoms with van der Waals surface area (Å²) >= 11 is 0. The van der Waals surface area contributed by atoms with E-state index in [1.807, 2.05) is 4.90 Å². The minimum Gasteiger partial charge on any atom is -0.481 e. The van der Waals surface area contributed by atoms with Crippen LogP contribution >= 0.6 is 0 Å². The average molecular weight is 379 g/mol. The number of benzene rings is 1. The predicted molar refractivity (Wildman–Crippen MR) is 93.6 cm³/mol. The van der Waals surface area contributed by atoms with E-state index in [4.69, 9.17) is 9.84 Å². The number of carboxylic acids is 1. The standard InChI is InChI=1S/C18H22FN3O5/c19-14-1-2-15(21-5-7-27-8-6-21)13(9-14)10-20-16(23)17(24)22-4-3-12(11-22)18(25)26/h1-2,9,12H,3-8,10-11H2,(H,20,23)(H,25,26). The Bertz CT molecular complexity index is 736. The zero-order valence-corrected chi connectivity index (χ0v) is 14.8. The third-order valence-corrected chi connectivity index (χ3v) is 4.85. The Morgan fingerprint density at radius 2 is 1.96 bits per heavy atom. The summed E-state index contributed by atoms with van der Waals surface area (Å²) < 4.78 is 19.0. The SMILES string of the molecule is O=C(NCc1cc(F)ccc1N1CCOCC1)C(=O)N1CCC(C(=O)O)C1. The molecule has 2 fully saturated rings. The number of likely N-dealkylation sites (tertiary alicyclic amines) is 1. The number of carbonyl (C=O) groups excluding carboxylic acids is 2. The van der Waals surface area contributed by atoms with Crippen LogP contribution in [0.5, 0.6) is 0 Å². The lowest BCUT2D eigenvalue weighted by molar-refractivity contribution is -0.146. The van der Waals surface area contributed by atoms with Crippen molar-refractivity contribution in [2.24, 2.45) is 5.92 Å². The van der Waals surface area contributed by atoms with Crippen molar-refractivity contribution >= 4 is 23.5 Å². The zero-order valence-electron chi connectivity index (χ0n) is 14.8. The summed E-state index contributed by atoms with van der Waals surface area (Å²) in [6, 6.07) is 4.35. The maximum Gasteiger partial charge on any atom is 0.311 e. The molecule has 3 rings (SSSR count). The van der Waals surface area contributed by atoms with Crippen LogP contribution in [0, 0.1) is 11.7 Å². The summed E-state index contributed by atoms with van der Waals surface area (Å²) in [4.78, 5) is 38.7. The summed E-state index contributed by atoms with van der Waals surface area (Å²) in [5.74, 6) is -3.62. The molecule has 0 aliphatic carbocycles. The van der Waals surface area contributed by atoms with Crippen LogP contribution in [0.4, 0.5) is 10.1 Å². The molecule has 0 saturated carbocycles. The first kappa shape index (κ1) is 19.1. The maximum absolute atomic E-state index is 13.7. The number of morpholine rings is 1. The van der Waals surface area contributed by atoms with Gasteiger partial charge in [0.15, 0.2) is 0 Å². The molecular formula is C18H22FN3O5. The average Bonchev–Trinajstić information content (AvgIpc) is 3.17. The number of carboxylic acid groups (broad SMARTS) is 1. The van der Waals surface area contributed by atoms with Gasteiger partial charge in [-0.2, -0.15) is 0 Å². The number of carbonyl (C=O) groups is 3. The van der Waals surface area contributed by atoms with Crippen LogP contribution in [-0.4, -0.2) is 67.2 Å². The first-order valence-electron chi connectivity index (χ1n) is 8.86. The number of amides is 2. The molecule has 8 nitrogen and oxygen atoms in total. The van der Waals surface area contributed by atoms with Gasteiger partial charge in [0.05, 0.1) is 19.1 Å². The molecule has 27 heavy (non-hydrogen) atoms. The number of nitrogens with one attached hydrogen (secondary N) is 1. The smallest absolute Gasteiger partial charge is 0.311 e. The van der Waals surface area contributed by atoms with E-state index in [9.17, 15) is 18.8 Å². The van der Waals surface area contributed by atoms with E-state index >= 15 is 0 Å². The molecule has 2 saturated heterocycles. The maximum atomic E-state index is 13.7. The minimum atomic E-state index is -0.972. The lowest BCUT2D eigenvalue weighted by Crippen LogP contribution is -2.42. The molecule has 0 bridgehead atoms. The molecule has 0 aromatic heterocycles. The van der Waals surface area contributed by atoms with Crippen molar-refractivity contribution in [3.05, 3.63) is 29.6 Å². The van der Waals surface area contributed by atoms with Gasteiger partial charge in [0.25, 0.3) is 0 Å². The Morgan fingerprint density at radius 3 is 2.63 bits per heavy atom. The number of rotatable bonds is 4. The molecule has 0 spiro atoms. The zero-order chi connectivity index (χ0) is 19.4. The highest BCUT2D eigenvalue weighted by atomic mass is 19.1. The van der Waals surface area contributed by atoms with Gasteiger partial charge in [-0.3, -0.25) is 14.4 Å². The molecule has 1 aromatic carbocycles. The topological polar surface area (TPSA) is 99.2 Å². The molecule has 1 atom stereocenters. The quantitative estimate of drug-likeness (QED) is 0.726. The highest BCUT2D eigenvalue weighted by molar-refractivity contribution is 6.35. The molecular weight excluding hydrogens is 357 g/mol. The number of hydrogen-bond donors (Lipinski definition) is 2. The monoisotopic (exact) mass is 379 g/mol. The van der Waals surface area contributed by atoms with Crippen LogP contribution in [0.3, 0.4) is 0 Å². The van der Waals surface area contributed by atoms with Crippen LogP contribution < -0.4 is 10.2 Å². The summed E-state index contributed by atoms with van der Waals surface area (Å²) in [5, 5.41) is 11.5. The fraction of sp³-hybridized carbons (Fsp3) is 0.500. The van der Waals surface area contributed by atoms with E-state index in [0.29, 0.717) is 38.3 Å². The second-order valence-electron chi connectivity index (χ2n) is 6.63. The first-order valence-corrected chi connectivity index (χ1v) is 8.86. The minimum absolute atomic E-state index is 0.00518. The fourth-order valence-corrected chi connectivity index (χ4v) is 3.35. The number of hydrogen-bond acceptors (Lipinski definition) is 5. The van der Waals surface area contributed by atoms with Crippen molar-refractivity contribution in [1.29, 1.82) is 0 Å². The van der Waals surface area contributed by atoms with Gasteiger partial charge in [-0.15, -0.1) is 0 Å². The molecule has 2 heterocycles. The van der Waals surface area contributed by atoms with Crippen molar-refractivity contribution in [1.82, 2.24) is 10.2 Å². The fourth-order valence-electron chi connectivity index (χ4n) is 3.35. The van der Waals surface area contributed by atoms with E-state index in [1.165, 1.54) is 17.0 Å². The van der Waals surface area contributed by atoms with Gasteiger partial charge in [0, 0.05) is 38.4 Å². The van der Waals surface area contributed by atoms with Crippen LogP contribution in [0.2, 0.25) is 0 Å². The molecule has 1 aromatic rings. The van der Waals surface area contributed by atoms with Crippen molar-refractivity contribution in [3.8, 4) is 0 Å². The summed E-state index contributed by atoms with van der Waals surface area (Å²) in [6.45, 7) is 2.74. The molecule has 2 N–H and O–H groups in total. The van der Waals surface area contributed by atoms with Crippen molar-refractivity contribution < 1.29 is 28.6 Å².